The Morgan fingerprint density at radius 3 is 1.03 bits per heavy atom. The molecule has 0 heterocycles. The van der Waals surface area contributed by atoms with Gasteiger partial charge in [0.1, 0.15) is 0 Å². The maximum atomic E-state index is 10.3. The minimum absolute atomic E-state index is 0. The van der Waals surface area contributed by atoms with E-state index in [1.165, 1.54) is 51.4 Å². The standard InChI is InChI=1S/C18H36O3.C9H16O4.Li.H2O/c1-2-3-4-11-14-17(19)15-12-9-7-5-6-8-10-13-16-18(20)21;10-8(11)6-4-2-1-3-5-7-9(12)13;;/h17,19H,2-16H2,1H3,(H,20,21);1-7H2,(H,10,11)(H,12,13);;1H2/q;;+1;/p-1. The van der Waals surface area contributed by atoms with Crippen molar-refractivity contribution in [2.45, 2.75) is 154 Å². The van der Waals surface area contributed by atoms with Crippen LogP contribution in [0, 0.1) is 0 Å². The summed E-state index contributed by atoms with van der Waals surface area (Å²) in [5, 5.41) is 35.0. The number of aliphatic hydroxyl groups is 1. The summed E-state index contributed by atoms with van der Waals surface area (Å²) in [7, 11) is 0. The van der Waals surface area contributed by atoms with Gasteiger partial charge in [0.05, 0.1) is 6.10 Å². The number of hydrogen-bond acceptors (Lipinski definition) is 5. The number of hydrogen-bond donors (Lipinski definition) is 4. The van der Waals surface area contributed by atoms with E-state index in [2.05, 4.69) is 6.92 Å². The molecule has 0 aromatic carbocycles. The Morgan fingerprint density at radius 2 is 0.750 bits per heavy atom. The van der Waals surface area contributed by atoms with E-state index in [1.807, 2.05) is 0 Å². The van der Waals surface area contributed by atoms with Gasteiger partial charge in [0, 0.05) is 19.3 Å². The number of aliphatic hydroxyl groups excluding tert-OH is 1. The van der Waals surface area contributed by atoms with Crippen molar-refractivity contribution in [2.75, 3.05) is 0 Å². The first-order valence-electron chi connectivity index (χ1n) is 13.6. The van der Waals surface area contributed by atoms with Gasteiger partial charge in [-0.15, -0.1) is 0 Å². The molecule has 0 aromatic rings. The molecule has 0 bridgehead atoms. The number of carboxylic acids is 3. The third kappa shape index (κ3) is 43.0. The van der Waals surface area contributed by atoms with E-state index in [4.69, 9.17) is 15.3 Å². The normalized spacial score (nSPS) is 10.8. The summed E-state index contributed by atoms with van der Waals surface area (Å²) < 4.78 is 0. The quantitative estimate of drug-likeness (QED) is 0.111. The summed E-state index contributed by atoms with van der Waals surface area (Å²) >= 11 is 0. The molecule has 1 atom stereocenters. The summed E-state index contributed by atoms with van der Waals surface area (Å²) in [5.41, 5.74) is 0. The van der Waals surface area contributed by atoms with Crippen molar-refractivity contribution >= 4 is 17.9 Å². The van der Waals surface area contributed by atoms with Crippen LogP contribution in [0.1, 0.15) is 148 Å². The average Bonchev–Trinajstić information content (AvgIpc) is 2.77. The predicted octanol–water partition coefficient (Wildman–Crippen LogP) is 4.02. The van der Waals surface area contributed by atoms with Crippen molar-refractivity contribution in [1.82, 2.24) is 0 Å². The molecule has 0 aliphatic carbocycles. The molecule has 0 amide bonds. The monoisotopic (exact) mass is 512 g/mol. The maximum Gasteiger partial charge on any atom is 1.00 e. The average molecular weight is 513 g/mol. The van der Waals surface area contributed by atoms with E-state index in [0.717, 1.165) is 57.8 Å². The number of carboxylic acid groups (broad SMARTS) is 3. The van der Waals surface area contributed by atoms with E-state index >= 15 is 0 Å². The Labute approximate surface area is 231 Å². The number of unbranched alkanes of at least 4 members (excludes halogenated alkanes) is 14. The maximum absolute atomic E-state index is 10.3. The SMILES string of the molecule is CCCCCCC(O)CCCCCCCCCCC(=O)O.O=C(O)CCCCCCCC(=O)O.[Li+].[OH-]. The molecule has 36 heavy (non-hydrogen) atoms. The molecular weight excluding hydrogens is 459 g/mol. The Kier molecular flexibility index (Phi) is 39.6. The Balaban J connectivity index is -0.000000297. The molecule has 0 aromatic heterocycles. The zero-order chi connectivity index (χ0) is 25.9. The van der Waals surface area contributed by atoms with Gasteiger partial charge in [-0.1, -0.05) is 96.8 Å². The zero-order valence-electron chi connectivity index (χ0n) is 23.1. The zero-order valence-corrected chi connectivity index (χ0v) is 23.1. The molecular formula is C27H53LiO8. The number of carbonyl (C=O) groups is 3. The van der Waals surface area contributed by atoms with E-state index in [1.54, 1.807) is 0 Å². The third-order valence-electron chi connectivity index (χ3n) is 5.85. The largest absolute Gasteiger partial charge is 1.00 e. The van der Waals surface area contributed by atoms with Crippen LogP contribution in [0.2, 0.25) is 0 Å². The van der Waals surface area contributed by atoms with Gasteiger partial charge in [0.15, 0.2) is 0 Å². The van der Waals surface area contributed by atoms with Gasteiger partial charge >= 0.3 is 36.8 Å². The van der Waals surface area contributed by atoms with E-state index in [0.29, 0.717) is 19.3 Å². The summed E-state index contributed by atoms with van der Waals surface area (Å²) in [6.07, 6.45) is 20.8. The van der Waals surface area contributed by atoms with Gasteiger partial charge in [-0.3, -0.25) is 14.4 Å². The fourth-order valence-electron chi connectivity index (χ4n) is 3.75. The molecule has 5 N–H and O–H groups in total. The fourth-order valence-corrected chi connectivity index (χ4v) is 3.75. The molecule has 0 aliphatic rings. The second-order valence-electron chi connectivity index (χ2n) is 9.32. The smallest absolute Gasteiger partial charge is 0.870 e. The molecule has 0 fully saturated rings. The molecule has 0 saturated carbocycles. The van der Waals surface area contributed by atoms with Gasteiger partial charge in [-0.25, -0.2) is 0 Å². The molecule has 0 radical (unpaired) electrons. The molecule has 0 aliphatic heterocycles. The molecule has 210 valence electrons. The van der Waals surface area contributed by atoms with Crippen molar-refractivity contribution in [3.63, 3.8) is 0 Å². The van der Waals surface area contributed by atoms with Crippen LogP contribution in [0.3, 0.4) is 0 Å². The van der Waals surface area contributed by atoms with Crippen LogP contribution in [-0.2, 0) is 14.4 Å². The molecule has 1 unspecified atom stereocenters. The van der Waals surface area contributed by atoms with Crippen LogP contribution in [-0.4, -0.2) is 49.9 Å². The van der Waals surface area contributed by atoms with Crippen LogP contribution in [0.4, 0.5) is 0 Å². The molecule has 8 nitrogen and oxygen atoms in total. The Hall–Kier alpha value is -1.07. The van der Waals surface area contributed by atoms with Crippen molar-refractivity contribution in [2.24, 2.45) is 0 Å². The van der Waals surface area contributed by atoms with Crippen LogP contribution < -0.4 is 18.9 Å². The molecule has 9 heteroatoms. The first-order chi connectivity index (χ1) is 16.3. The van der Waals surface area contributed by atoms with Crippen LogP contribution in [0.5, 0.6) is 0 Å². The molecule has 0 spiro atoms. The van der Waals surface area contributed by atoms with Crippen LogP contribution >= 0.6 is 0 Å². The second kappa shape index (κ2) is 33.9. The Morgan fingerprint density at radius 1 is 0.500 bits per heavy atom. The van der Waals surface area contributed by atoms with Crippen LogP contribution in [0.25, 0.3) is 0 Å². The third-order valence-corrected chi connectivity index (χ3v) is 5.85. The second-order valence-corrected chi connectivity index (χ2v) is 9.32. The predicted molar refractivity (Wildman–Crippen MR) is 138 cm³/mol. The molecule has 0 rings (SSSR count). The van der Waals surface area contributed by atoms with Gasteiger partial charge in [0.2, 0.25) is 0 Å². The van der Waals surface area contributed by atoms with Gasteiger partial charge in [-0.05, 0) is 32.1 Å². The number of aliphatic carboxylic acids is 3. The summed E-state index contributed by atoms with van der Waals surface area (Å²) in [5.74, 6) is -2.20. The van der Waals surface area contributed by atoms with E-state index in [9.17, 15) is 19.5 Å². The van der Waals surface area contributed by atoms with Gasteiger partial charge < -0.3 is 25.9 Å². The van der Waals surface area contributed by atoms with Crippen molar-refractivity contribution < 1.29 is 59.1 Å². The van der Waals surface area contributed by atoms with Crippen molar-refractivity contribution in [3.05, 3.63) is 0 Å². The fraction of sp³-hybridized carbons (Fsp3) is 0.889. The van der Waals surface area contributed by atoms with Gasteiger partial charge in [-0.2, -0.15) is 0 Å². The van der Waals surface area contributed by atoms with Crippen molar-refractivity contribution in [1.29, 1.82) is 0 Å². The summed E-state index contributed by atoms with van der Waals surface area (Å²) in [4.78, 5) is 30.5. The minimum Gasteiger partial charge on any atom is -0.870 e. The van der Waals surface area contributed by atoms with E-state index in [-0.39, 0.29) is 43.3 Å². The van der Waals surface area contributed by atoms with E-state index < -0.39 is 17.9 Å². The van der Waals surface area contributed by atoms with Crippen molar-refractivity contribution in [3.8, 4) is 0 Å². The van der Waals surface area contributed by atoms with Crippen LogP contribution in [0.15, 0.2) is 0 Å². The first-order valence-corrected chi connectivity index (χ1v) is 13.6. The summed E-state index contributed by atoms with van der Waals surface area (Å²) in [6, 6.07) is 0. The first kappa shape index (κ1) is 42.0. The molecule has 0 saturated heterocycles. The minimum atomic E-state index is -0.759. The van der Waals surface area contributed by atoms with Gasteiger partial charge in [0.25, 0.3) is 0 Å². The Bertz CT molecular complexity index is 470. The number of rotatable bonds is 24. The summed E-state index contributed by atoms with van der Waals surface area (Å²) in [6.45, 7) is 2.21. The topological polar surface area (TPSA) is 162 Å².